The number of rotatable bonds is 3. The first kappa shape index (κ1) is 37.9. The summed E-state index contributed by atoms with van der Waals surface area (Å²) in [7, 11) is 0. The summed E-state index contributed by atoms with van der Waals surface area (Å²) < 4.78 is 4.29. The van der Waals surface area contributed by atoms with Crippen LogP contribution in [0.1, 0.15) is 76.2 Å². The Balaban J connectivity index is -0.000000456. The molecular formula is C31H42KO3-. The summed E-state index contributed by atoms with van der Waals surface area (Å²) in [6.45, 7) is 15.7. The summed E-state index contributed by atoms with van der Waals surface area (Å²) in [6.07, 6.45) is 27.5. The van der Waals surface area contributed by atoms with Crippen LogP contribution in [-0.4, -0.2) is 18.4 Å². The van der Waals surface area contributed by atoms with Crippen molar-refractivity contribution >= 4 is 11.8 Å². The number of carbonyl (C=O) groups is 2. The van der Waals surface area contributed by atoms with Gasteiger partial charge in [0.05, 0.1) is 6.61 Å². The van der Waals surface area contributed by atoms with Gasteiger partial charge in [0, 0.05) is 11.1 Å². The fourth-order valence-corrected chi connectivity index (χ4v) is 2.80. The van der Waals surface area contributed by atoms with E-state index in [9.17, 15) is 9.59 Å². The molecule has 4 heteroatoms. The van der Waals surface area contributed by atoms with Gasteiger partial charge in [0.25, 0.3) is 0 Å². The molecule has 0 saturated carbocycles. The van der Waals surface area contributed by atoms with Gasteiger partial charge in [-0.3, -0.25) is 22.6 Å². The Labute approximate surface area is 257 Å². The van der Waals surface area contributed by atoms with Crippen molar-refractivity contribution < 1.29 is 65.7 Å². The first-order valence-corrected chi connectivity index (χ1v) is 11.8. The fourth-order valence-electron chi connectivity index (χ4n) is 2.80. The second-order valence-corrected chi connectivity index (χ2v) is 8.00. The van der Waals surface area contributed by atoms with Crippen LogP contribution < -0.4 is 51.4 Å². The predicted octanol–water partition coefficient (Wildman–Crippen LogP) is 4.84. The average molecular weight is 502 g/mol. The summed E-state index contributed by atoms with van der Waals surface area (Å²) in [5.41, 5.74) is 3.31. The normalized spacial score (nSPS) is 14.0. The Morgan fingerprint density at radius 1 is 1.09 bits per heavy atom. The predicted molar refractivity (Wildman–Crippen MR) is 145 cm³/mol. The van der Waals surface area contributed by atoms with Crippen LogP contribution in [-0.2, 0) is 9.53 Å². The van der Waals surface area contributed by atoms with Crippen LogP contribution in [0.4, 0.5) is 0 Å². The SMILES string of the molecule is C#C.CC.CC1(C)C[C-]=CCC1.Cc1ccc(C(=O)C2=CC=CC=CC2)cc1.[CH2-]C(=O)OCC.[K+]. The summed E-state index contributed by atoms with van der Waals surface area (Å²) in [5, 5.41) is 0. The van der Waals surface area contributed by atoms with E-state index in [1.54, 1.807) is 6.92 Å². The molecule has 0 amide bonds. The van der Waals surface area contributed by atoms with Crippen molar-refractivity contribution in [2.24, 2.45) is 5.41 Å². The second kappa shape index (κ2) is 24.1. The van der Waals surface area contributed by atoms with Crippen LogP contribution in [0.5, 0.6) is 0 Å². The van der Waals surface area contributed by atoms with Crippen molar-refractivity contribution in [3.63, 3.8) is 0 Å². The molecule has 35 heavy (non-hydrogen) atoms. The number of ether oxygens (including phenoxy) is 1. The van der Waals surface area contributed by atoms with Gasteiger partial charge in [-0.2, -0.15) is 6.42 Å². The Morgan fingerprint density at radius 2 is 1.69 bits per heavy atom. The molecule has 0 unspecified atom stereocenters. The summed E-state index contributed by atoms with van der Waals surface area (Å²) in [5.74, 6) is -0.339. The topological polar surface area (TPSA) is 43.4 Å². The zero-order valence-corrected chi connectivity index (χ0v) is 26.0. The second-order valence-electron chi connectivity index (χ2n) is 8.00. The minimum Gasteiger partial charge on any atom is -0.500 e. The molecule has 186 valence electrons. The molecule has 1 aromatic carbocycles. The molecule has 0 atom stereocenters. The molecule has 0 radical (unpaired) electrons. The summed E-state index contributed by atoms with van der Waals surface area (Å²) >= 11 is 0. The number of aryl methyl sites for hydroxylation is 1. The van der Waals surface area contributed by atoms with Crippen molar-refractivity contribution in [1.29, 1.82) is 0 Å². The van der Waals surface area contributed by atoms with Crippen molar-refractivity contribution in [1.82, 2.24) is 0 Å². The molecule has 0 heterocycles. The van der Waals surface area contributed by atoms with Gasteiger partial charge < -0.3 is 10.8 Å². The van der Waals surface area contributed by atoms with Crippen molar-refractivity contribution in [3.05, 3.63) is 90.4 Å². The van der Waals surface area contributed by atoms with Gasteiger partial charge in [-0.25, -0.2) is 0 Å². The molecule has 0 fully saturated rings. The Hall–Kier alpha value is -1.61. The van der Waals surface area contributed by atoms with Gasteiger partial charge >= 0.3 is 51.4 Å². The van der Waals surface area contributed by atoms with E-state index in [0.29, 0.717) is 18.4 Å². The number of hydrogen-bond acceptors (Lipinski definition) is 3. The van der Waals surface area contributed by atoms with Gasteiger partial charge in [0.15, 0.2) is 11.8 Å². The third-order valence-corrected chi connectivity index (χ3v) is 4.59. The van der Waals surface area contributed by atoms with E-state index in [0.717, 1.165) is 17.6 Å². The maximum Gasteiger partial charge on any atom is 1.00 e. The average Bonchev–Trinajstić information content (AvgIpc) is 3.12. The maximum absolute atomic E-state index is 12.1. The van der Waals surface area contributed by atoms with Gasteiger partial charge in [0.2, 0.25) is 0 Å². The van der Waals surface area contributed by atoms with E-state index in [2.05, 4.69) is 50.5 Å². The number of allylic oxidation sites excluding steroid dienone is 8. The number of ketones is 1. The zero-order valence-electron chi connectivity index (χ0n) is 22.9. The van der Waals surface area contributed by atoms with Crippen LogP contribution in [0, 0.1) is 38.2 Å². The standard InChI is InChI=1S/C15H14O.C8H13.C4H7O2.C2H6.C2H2.K/c1-12-8-10-14(11-9-12)15(16)13-6-4-2-3-5-7-13;1-8(2)6-4-3-5-7-8;1-3-6-4(2)5;2*1-2;/h2-6,8-11H,7H2,1H3;3H,4,6-7H2,1-2H3;2-3H2,1H3;1-2H3;1-2H;/q;2*-1;;;+1. The van der Waals surface area contributed by atoms with Crippen LogP contribution in [0.25, 0.3) is 0 Å². The molecule has 0 spiro atoms. The van der Waals surface area contributed by atoms with Crippen LogP contribution in [0.2, 0.25) is 0 Å². The van der Waals surface area contributed by atoms with E-state index >= 15 is 0 Å². The number of benzene rings is 1. The summed E-state index contributed by atoms with van der Waals surface area (Å²) in [6, 6.07) is 7.71. The number of hydrogen-bond donors (Lipinski definition) is 0. The Morgan fingerprint density at radius 3 is 2.09 bits per heavy atom. The Kier molecular flexibility index (Phi) is 26.1. The quantitative estimate of drug-likeness (QED) is 0.196. The first-order chi connectivity index (χ1) is 16.2. The minimum atomic E-state index is -0.461. The number of carbonyl (C=O) groups excluding carboxylic acids is 2. The van der Waals surface area contributed by atoms with Gasteiger partial charge in [0.1, 0.15) is 0 Å². The monoisotopic (exact) mass is 501 g/mol. The minimum absolute atomic E-state index is 0. The molecule has 2 aliphatic carbocycles. The molecule has 0 N–H and O–H groups in total. The first-order valence-electron chi connectivity index (χ1n) is 11.8. The van der Waals surface area contributed by atoms with E-state index < -0.39 is 5.97 Å². The Bertz CT molecular complexity index is 838. The molecule has 0 bridgehead atoms. The number of Topliss-reactive ketones (excluding diaryl/α,β-unsaturated/α-hetero) is 1. The van der Waals surface area contributed by atoms with Crippen LogP contribution in [0.3, 0.4) is 0 Å². The molecule has 3 nitrogen and oxygen atoms in total. The fraction of sp³-hybridized carbons (Fsp3) is 0.387. The van der Waals surface area contributed by atoms with Crippen molar-refractivity contribution in [3.8, 4) is 12.8 Å². The third kappa shape index (κ3) is 20.3. The molecule has 1 aromatic rings. The van der Waals surface area contributed by atoms with E-state index in [1.165, 1.54) is 18.4 Å². The van der Waals surface area contributed by atoms with E-state index in [1.807, 2.05) is 75.4 Å². The summed E-state index contributed by atoms with van der Waals surface area (Å²) in [4.78, 5) is 21.8. The van der Waals surface area contributed by atoms with Crippen LogP contribution in [0.15, 0.2) is 66.3 Å². The largest absolute Gasteiger partial charge is 1.00 e. The molecule has 0 saturated heterocycles. The van der Waals surface area contributed by atoms with Crippen molar-refractivity contribution in [2.75, 3.05) is 6.61 Å². The smallest absolute Gasteiger partial charge is 0.500 e. The molecule has 0 aromatic heterocycles. The van der Waals surface area contributed by atoms with Crippen molar-refractivity contribution in [2.45, 2.75) is 67.2 Å². The van der Waals surface area contributed by atoms with E-state index in [4.69, 9.17) is 0 Å². The number of terminal acetylenes is 1. The van der Waals surface area contributed by atoms with Crippen LogP contribution >= 0.6 is 0 Å². The van der Waals surface area contributed by atoms with Gasteiger partial charge in [-0.1, -0.05) is 99.7 Å². The van der Waals surface area contributed by atoms with Gasteiger partial charge in [-0.05, 0) is 26.7 Å². The molecule has 0 aliphatic heterocycles. The molecule has 2 aliphatic rings. The third-order valence-electron chi connectivity index (χ3n) is 4.59. The maximum atomic E-state index is 12.1. The van der Waals surface area contributed by atoms with E-state index in [-0.39, 0.29) is 57.2 Å². The van der Waals surface area contributed by atoms with Gasteiger partial charge in [-0.15, -0.1) is 12.8 Å². The zero-order chi connectivity index (χ0) is 26.4. The molecule has 3 rings (SSSR count). The molecular weight excluding hydrogens is 459 g/mol. The number of esters is 1.